The minimum absolute atomic E-state index is 0.314. The SMILES string of the molecule is Cc1cccc2c1OCCC[C@@H]2NCCCO[C@@H]1CCOC1. The number of fused-ring (bicyclic) bond motifs is 1. The maximum atomic E-state index is 5.93. The number of aryl methyl sites for hydroxylation is 1. The van der Waals surface area contributed by atoms with Crippen LogP contribution in [0.4, 0.5) is 0 Å². The molecule has 1 aromatic rings. The van der Waals surface area contributed by atoms with E-state index in [1.807, 2.05) is 0 Å². The maximum Gasteiger partial charge on any atom is 0.126 e. The standard InChI is InChI=1S/C18H27NO3/c1-14-5-2-6-16-17(7-3-10-22-18(14)16)19-9-4-11-21-15-8-12-20-13-15/h2,5-6,15,17,19H,3-4,7-13H2,1H3/t15-,17+/m1/s1. The molecule has 0 aromatic heterocycles. The molecule has 2 aliphatic rings. The molecular weight excluding hydrogens is 278 g/mol. The molecule has 3 rings (SSSR count). The molecule has 2 aliphatic heterocycles. The molecule has 0 spiro atoms. The number of hydrogen-bond acceptors (Lipinski definition) is 4. The second-order valence-electron chi connectivity index (χ2n) is 6.20. The number of ether oxygens (including phenoxy) is 3. The van der Waals surface area contributed by atoms with Crippen molar-refractivity contribution < 1.29 is 14.2 Å². The summed E-state index contributed by atoms with van der Waals surface area (Å²) in [6.45, 7) is 6.34. The maximum absolute atomic E-state index is 5.93. The molecule has 4 nitrogen and oxygen atoms in total. The van der Waals surface area contributed by atoms with E-state index in [1.54, 1.807) is 0 Å². The molecule has 0 saturated carbocycles. The molecule has 1 N–H and O–H groups in total. The largest absolute Gasteiger partial charge is 0.493 e. The average Bonchev–Trinajstić information content (AvgIpc) is 2.95. The molecule has 0 amide bonds. The van der Waals surface area contributed by atoms with Gasteiger partial charge in [0.05, 0.1) is 19.3 Å². The Morgan fingerprint density at radius 1 is 1.27 bits per heavy atom. The number of para-hydroxylation sites is 1. The van der Waals surface area contributed by atoms with Crippen LogP contribution in [0.15, 0.2) is 18.2 Å². The van der Waals surface area contributed by atoms with Gasteiger partial charge in [0, 0.05) is 24.8 Å². The third-order valence-corrected chi connectivity index (χ3v) is 4.45. The first-order chi connectivity index (χ1) is 10.8. The molecule has 0 unspecified atom stereocenters. The van der Waals surface area contributed by atoms with Gasteiger partial charge in [-0.2, -0.15) is 0 Å². The monoisotopic (exact) mass is 305 g/mol. The van der Waals surface area contributed by atoms with Crippen molar-refractivity contribution in [3.05, 3.63) is 29.3 Å². The van der Waals surface area contributed by atoms with Gasteiger partial charge in [0.2, 0.25) is 0 Å². The molecule has 0 aliphatic carbocycles. The summed E-state index contributed by atoms with van der Waals surface area (Å²) in [7, 11) is 0. The molecule has 1 fully saturated rings. The van der Waals surface area contributed by atoms with Crippen LogP contribution in [0.5, 0.6) is 5.75 Å². The highest BCUT2D eigenvalue weighted by atomic mass is 16.5. The zero-order valence-electron chi connectivity index (χ0n) is 13.5. The second kappa shape index (κ2) is 7.95. The average molecular weight is 305 g/mol. The van der Waals surface area contributed by atoms with Gasteiger partial charge in [-0.1, -0.05) is 18.2 Å². The van der Waals surface area contributed by atoms with Crippen LogP contribution in [0, 0.1) is 6.92 Å². The molecule has 0 bridgehead atoms. The molecule has 1 saturated heterocycles. The van der Waals surface area contributed by atoms with Crippen molar-refractivity contribution >= 4 is 0 Å². The summed E-state index contributed by atoms with van der Waals surface area (Å²) in [4.78, 5) is 0. The lowest BCUT2D eigenvalue weighted by Crippen LogP contribution is -2.24. The van der Waals surface area contributed by atoms with Gasteiger partial charge in [-0.3, -0.25) is 0 Å². The van der Waals surface area contributed by atoms with E-state index in [2.05, 4.69) is 30.4 Å². The van der Waals surface area contributed by atoms with Crippen molar-refractivity contribution in [1.29, 1.82) is 0 Å². The Morgan fingerprint density at radius 3 is 3.09 bits per heavy atom. The first-order valence-corrected chi connectivity index (χ1v) is 8.49. The van der Waals surface area contributed by atoms with Crippen LogP contribution >= 0.6 is 0 Å². The summed E-state index contributed by atoms with van der Waals surface area (Å²) in [5.41, 5.74) is 2.54. The van der Waals surface area contributed by atoms with E-state index in [4.69, 9.17) is 14.2 Å². The molecule has 1 aromatic carbocycles. The first kappa shape index (κ1) is 15.8. The van der Waals surface area contributed by atoms with Crippen LogP contribution in [0.3, 0.4) is 0 Å². The van der Waals surface area contributed by atoms with Crippen LogP contribution in [0.1, 0.15) is 42.9 Å². The van der Waals surface area contributed by atoms with E-state index in [0.717, 1.165) is 64.4 Å². The Morgan fingerprint density at radius 2 is 2.23 bits per heavy atom. The third kappa shape index (κ3) is 4.00. The molecule has 4 heteroatoms. The lowest BCUT2D eigenvalue weighted by molar-refractivity contribution is 0.0413. The molecule has 0 radical (unpaired) electrons. The fraction of sp³-hybridized carbons (Fsp3) is 0.667. The van der Waals surface area contributed by atoms with Gasteiger partial charge in [-0.15, -0.1) is 0 Å². The van der Waals surface area contributed by atoms with E-state index < -0.39 is 0 Å². The van der Waals surface area contributed by atoms with E-state index >= 15 is 0 Å². The predicted molar refractivity (Wildman–Crippen MR) is 86.4 cm³/mol. The molecule has 22 heavy (non-hydrogen) atoms. The smallest absolute Gasteiger partial charge is 0.126 e. The topological polar surface area (TPSA) is 39.7 Å². The van der Waals surface area contributed by atoms with Crippen molar-refractivity contribution in [3.8, 4) is 5.75 Å². The molecule has 2 heterocycles. The molecule has 2 atom stereocenters. The normalized spacial score (nSPS) is 24.6. The highest BCUT2D eigenvalue weighted by Gasteiger charge is 2.20. The van der Waals surface area contributed by atoms with Gasteiger partial charge in [0.15, 0.2) is 0 Å². The molecular formula is C18H27NO3. The summed E-state index contributed by atoms with van der Waals surface area (Å²) >= 11 is 0. The third-order valence-electron chi connectivity index (χ3n) is 4.45. The Labute approximate surface area is 133 Å². The van der Waals surface area contributed by atoms with Crippen LogP contribution in [0.25, 0.3) is 0 Å². The zero-order valence-corrected chi connectivity index (χ0v) is 13.5. The first-order valence-electron chi connectivity index (χ1n) is 8.49. The highest BCUT2D eigenvalue weighted by Crippen LogP contribution is 2.33. The van der Waals surface area contributed by atoms with E-state index in [-0.39, 0.29) is 0 Å². The van der Waals surface area contributed by atoms with Crippen LogP contribution < -0.4 is 10.1 Å². The summed E-state index contributed by atoms with van der Waals surface area (Å²) in [5.74, 6) is 1.08. The molecule has 122 valence electrons. The number of benzene rings is 1. The zero-order chi connectivity index (χ0) is 15.2. The quantitative estimate of drug-likeness (QED) is 0.820. The Kier molecular flexibility index (Phi) is 5.70. The van der Waals surface area contributed by atoms with Crippen molar-refractivity contribution in [2.75, 3.05) is 33.0 Å². The van der Waals surface area contributed by atoms with Crippen LogP contribution in [-0.4, -0.2) is 39.1 Å². The number of hydrogen-bond donors (Lipinski definition) is 1. The Bertz CT molecular complexity index is 471. The van der Waals surface area contributed by atoms with Gasteiger partial charge in [-0.05, 0) is 44.7 Å². The highest BCUT2D eigenvalue weighted by molar-refractivity contribution is 5.43. The van der Waals surface area contributed by atoms with Crippen molar-refractivity contribution in [1.82, 2.24) is 5.32 Å². The lowest BCUT2D eigenvalue weighted by Gasteiger charge is -2.19. The summed E-state index contributed by atoms with van der Waals surface area (Å²) < 4.78 is 17.1. The summed E-state index contributed by atoms with van der Waals surface area (Å²) in [5, 5.41) is 3.68. The van der Waals surface area contributed by atoms with E-state index in [0.29, 0.717) is 12.1 Å². The Balaban J connectivity index is 1.47. The van der Waals surface area contributed by atoms with Crippen molar-refractivity contribution in [2.24, 2.45) is 0 Å². The van der Waals surface area contributed by atoms with E-state index in [9.17, 15) is 0 Å². The fourth-order valence-electron chi connectivity index (χ4n) is 3.22. The van der Waals surface area contributed by atoms with Gasteiger partial charge < -0.3 is 19.5 Å². The van der Waals surface area contributed by atoms with Gasteiger partial charge in [-0.25, -0.2) is 0 Å². The lowest BCUT2D eigenvalue weighted by atomic mass is 10.00. The van der Waals surface area contributed by atoms with Crippen LogP contribution in [-0.2, 0) is 9.47 Å². The second-order valence-corrected chi connectivity index (χ2v) is 6.20. The summed E-state index contributed by atoms with van der Waals surface area (Å²) in [6, 6.07) is 6.84. The summed E-state index contributed by atoms with van der Waals surface area (Å²) in [6.07, 6.45) is 4.62. The minimum atomic E-state index is 0.314. The van der Waals surface area contributed by atoms with Gasteiger partial charge in [0.1, 0.15) is 5.75 Å². The number of rotatable bonds is 6. The van der Waals surface area contributed by atoms with Crippen LogP contribution in [0.2, 0.25) is 0 Å². The Hall–Kier alpha value is -1.10. The van der Waals surface area contributed by atoms with Gasteiger partial charge in [0.25, 0.3) is 0 Å². The predicted octanol–water partition coefficient (Wildman–Crippen LogP) is 2.99. The fourth-order valence-corrected chi connectivity index (χ4v) is 3.22. The van der Waals surface area contributed by atoms with E-state index in [1.165, 1.54) is 11.1 Å². The minimum Gasteiger partial charge on any atom is -0.493 e. The van der Waals surface area contributed by atoms with Gasteiger partial charge >= 0.3 is 0 Å². The van der Waals surface area contributed by atoms with Crippen molar-refractivity contribution in [3.63, 3.8) is 0 Å². The number of nitrogens with one attached hydrogen (secondary N) is 1. The van der Waals surface area contributed by atoms with Crippen molar-refractivity contribution in [2.45, 2.75) is 44.8 Å².